The number of likely N-dealkylation sites (tertiary alicyclic amines) is 1. The first-order valence-electron chi connectivity index (χ1n) is 7.37. The van der Waals surface area contributed by atoms with Gasteiger partial charge in [0.05, 0.1) is 12.8 Å². The highest BCUT2D eigenvalue weighted by molar-refractivity contribution is 5.78. The van der Waals surface area contributed by atoms with Gasteiger partial charge in [0.2, 0.25) is 17.6 Å². The Kier molecular flexibility index (Phi) is 3.38. The zero-order valence-corrected chi connectivity index (χ0v) is 12.3. The number of hydrogen-bond donors (Lipinski definition) is 0. The van der Waals surface area contributed by atoms with Crippen LogP contribution in [0.4, 0.5) is 0 Å². The molecule has 7 nitrogen and oxygen atoms in total. The van der Waals surface area contributed by atoms with Crippen LogP contribution in [-0.4, -0.2) is 25.9 Å². The molecule has 1 amide bonds. The Hall–Kier alpha value is -2.96. The van der Waals surface area contributed by atoms with Gasteiger partial charge in [-0.25, -0.2) is 0 Å². The lowest BCUT2D eigenvalue weighted by Gasteiger charge is -2.20. The van der Waals surface area contributed by atoms with Gasteiger partial charge < -0.3 is 13.8 Å². The van der Waals surface area contributed by atoms with E-state index in [9.17, 15) is 4.79 Å². The predicted octanol–water partition coefficient (Wildman–Crippen LogP) is 2.59. The number of amides is 1. The van der Waals surface area contributed by atoms with Crippen molar-refractivity contribution in [1.29, 1.82) is 0 Å². The molecule has 1 atom stereocenters. The Morgan fingerprint density at radius 2 is 2.26 bits per heavy atom. The third-order valence-corrected chi connectivity index (χ3v) is 3.88. The number of pyridine rings is 1. The van der Waals surface area contributed by atoms with E-state index in [1.165, 1.54) is 0 Å². The molecule has 116 valence electrons. The van der Waals surface area contributed by atoms with E-state index in [0.29, 0.717) is 31.1 Å². The van der Waals surface area contributed by atoms with E-state index in [-0.39, 0.29) is 11.9 Å². The van der Waals surface area contributed by atoms with Gasteiger partial charge in [-0.15, -0.1) is 0 Å². The molecule has 0 aromatic carbocycles. The fraction of sp³-hybridized carbons (Fsp3) is 0.250. The Morgan fingerprint density at radius 1 is 1.30 bits per heavy atom. The van der Waals surface area contributed by atoms with E-state index in [4.69, 9.17) is 8.94 Å². The lowest BCUT2D eigenvalue weighted by atomic mass is 10.2. The highest BCUT2D eigenvalue weighted by atomic mass is 16.5. The van der Waals surface area contributed by atoms with Gasteiger partial charge in [-0.1, -0.05) is 5.16 Å². The van der Waals surface area contributed by atoms with Crippen LogP contribution in [0.1, 0.15) is 30.5 Å². The molecule has 1 aliphatic rings. The molecule has 4 rings (SSSR count). The van der Waals surface area contributed by atoms with Gasteiger partial charge in [0.15, 0.2) is 0 Å². The van der Waals surface area contributed by atoms with Crippen LogP contribution in [0.2, 0.25) is 0 Å². The summed E-state index contributed by atoms with van der Waals surface area (Å²) >= 11 is 0. The fourth-order valence-electron chi connectivity index (χ4n) is 2.74. The Labute approximate surface area is 131 Å². The third-order valence-electron chi connectivity index (χ3n) is 3.88. The number of nitrogens with zero attached hydrogens (tertiary/aromatic N) is 4. The Bertz CT molecular complexity index is 798. The van der Waals surface area contributed by atoms with E-state index >= 15 is 0 Å². The molecule has 0 bridgehead atoms. The van der Waals surface area contributed by atoms with Gasteiger partial charge in [-0.05, 0) is 30.7 Å². The summed E-state index contributed by atoms with van der Waals surface area (Å²) < 4.78 is 10.7. The molecule has 1 fully saturated rings. The van der Waals surface area contributed by atoms with Crippen LogP contribution in [0.15, 0.2) is 51.9 Å². The number of rotatable bonds is 4. The zero-order valence-electron chi connectivity index (χ0n) is 12.3. The molecule has 0 radical (unpaired) electrons. The molecular formula is C16H14N4O3. The smallest absolute Gasteiger partial charge is 0.249 e. The molecule has 1 aliphatic heterocycles. The molecule has 0 unspecified atom stereocenters. The number of carbonyl (C=O) groups is 1. The molecule has 1 saturated heterocycles. The maximum absolute atomic E-state index is 12.1. The molecule has 3 aromatic rings. The molecule has 0 aliphatic carbocycles. The lowest BCUT2D eigenvalue weighted by Crippen LogP contribution is -2.27. The largest absolute Gasteiger partial charge is 0.467 e. The summed E-state index contributed by atoms with van der Waals surface area (Å²) in [6.45, 7) is 0.404. The summed E-state index contributed by atoms with van der Waals surface area (Å²) in [6.07, 6.45) is 6.09. The van der Waals surface area contributed by atoms with Crippen molar-refractivity contribution < 1.29 is 13.7 Å². The van der Waals surface area contributed by atoms with Crippen LogP contribution in [0.25, 0.3) is 11.4 Å². The first-order chi connectivity index (χ1) is 11.3. The summed E-state index contributed by atoms with van der Waals surface area (Å²) in [4.78, 5) is 22.3. The molecule has 4 heterocycles. The summed E-state index contributed by atoms with van der Waals surface area (Å²) in [7, 11) is 0. The Morgan fingerprint density at radius 3 is 3.04 bits per heavy atom. The first-order valence-corrected chi connectivity index (χ1v) is 7.37. The maximum Gasteiger partial charge on any atom is 0.249 e. The first kappa shape index (κ1) is 13.7. The number of aromatic nitrogens is 3. The van der Waals surface area contributed by atoms with Crippen LogP contribution in [0.5, 0.6) is 0 Å². The average molecular weight is 310 g/mol. The average Bonchev–Trinajstić information content (AvgIpc) is 3.31. The summed E-state index contributed by atoms with van der Waals surface area (Å²) in [5, 5.41) is 4.00. The standard InChI is InChI=1S/C16H14N4O3/c21-14-6-5-13(20(14)10-12-4-2-8-22-12)16-18-15(19-23-16)11-3-1-7-17-9-11/h1-4,7-9,13H,5-6,10H2/t13-/m0/s1. The van der Waals surface area contributed by atoms with Crippen molar-refractivity contribution >= 4 is 5.91 Å². The van der Waals surface area contributed by atoms with E-state index in [2.05, 4.69) is 15.1 Å². The third kappa shape index (κ3) is 2.61. The summed E-state index contributed by atoms with van der Waals surface area (Å²) in [6, 6.07) is 7.11. The van der Waals surface area contributed by atoms with Crippen LogP contribution in [0, 0.1) is 0 Å². The van der Waals surface area contributed by atoms with Crippen LogP contribution in [-0.2, 0) is 11.3 Å². The van der Waals surface area contributed by atoms with E-state index in [1.807, 2.05) is 18.2 Å². The van der Waals surface area contributed by atoms with Crippen LogP contribution < -0.4 is 0 Å². The molecule has 23 heavy (non-hydrogen) atoms. The Balaban J connectivity index is 1.59. The van der Waals surface area contributed by atoms with Crippen molar-refractivity contribution in [3.63, 3.8) is 0 Å². The molecule has 7 heteroatoms. The summed E-state index contributed by atoms with van der Waals surface area (Å²) in [5.74, 6) is 1.72. The van der Waals surface area contributed by atoms with Crippen molar-refractivity contribution in [3.8, 4) is 11.4 Å². The molecule has 0 saturated carbocycles. The van der Waals surface area contributed by atoms with Gasteiger partial charge in [0.1, 0.15) is 11.8 Å². The molecule has 0 spiro atoms. The van der Waals surface area contributed by atoms with Crippen molar-refractivity contribution in [2.45, 2.75) is 25.4 Å². The minimum atomic E-state index is -0.217. The molecular weight excluding hydrogens is 296 g/mol. The van der Waals surface area contributed by atoms with Crippen molar-refractivity contribution in [2.24, 2.45) is 0 Å². The van der Waals surface area contributed by atoms with Crippen LogP contribution in [0.3, 0.4) is 0 Å². The van der Waals surface area contributed by atoms with Crippen LogP contribution >= 0.6 is 0 Å². The monoisotopic (exact) mass is 310 g/mol. The SMILES string of the molecule is O=C1CC[C@@H](c2nc(-c3cccnc3)no2)N1Cc1ccco1. The second kappa shape index (κ2) is 5.68. The van der Waals surface area contributed by atoms with E-state index in [0.717, 1.165) is 11.3 Å². The normalized spacial score (nSPS) is 17.8. The topological polar surface area (TPSA) is 85.3 Å². The number of hydrogen-bond acceptors (Lipinski definition) is 6. The lowest BCUT2D eigenvalue weighted by molar-refractivity contribution is -0.130. The highest BCUT2D eigenvalue weighted by Crippen LogP contribution is 2.34. The summed E-state index contributed by atoms with van der Waals surface area (Å²) in [5.41, 5.74) is 0.782. The minimum absolute atomic E-state index is 0.0625. The van der Waals surface area contributed by atoms with Gasteiger partial charge in [-0.3, -0.25) is 9.78 Å². The quantitative estimate of drug-likeness (QED) is 0.736. The van der Waals surface area contributed by atoms with Crippen molar-refractivity contribution in [1.82, 2.24) is 20.0 Å². The van der Waals surface area contributed by atoms with Gasteiger partial charge in [-0.2, -0.15) is 4.98 Å². The van der Waals surface area contributed by atoms with E-state index < -0.39 is 0 Å². The second-order valence-electron chi connectivity index (χ2n) is 5.35. The number of carbonyl (C=O) groups excluding carboxylic acids is 1. The van der Waals surface area contributed by atoms with Crippen molar-refractivity contribution in [3.05, 3.63) is 54.6 Å². The fourth-order valence-corrected chi connectivity index (χ4v) is 2.74. The second-order valence-corrected chi connectivity index (χ2v) is 5.35. The minimum Gasteiger partial charge on any atom is -0.467 e. The highest BCUT2D eigenvalue weighted by Gasteiger charge is 2.36. The van der Waals surface area contributed by atoms with Gasteiger partial charge in [0.25, 0.3) is 0 Å². The molecule has 3 aromatic heterocycles. The zero-order chi connectivity index (χ0) is 15.6. The van der Waals surface area contributed by atoms with Gasteiger partial charge in [0, 0.05) is 24.4 Å². The van der Waals surface area contributed by atoms with E-state index in [1.54, 1.807) is 29.6 Å². The predicted molar refractivity (Wildman–Crippen MR) is 78.8 cm³/mol. The maximum atomic E-state index is 12.1. The molecule has 0 N–H and O–H groups in total. The van der Waals surface area contributed by atoms with Gasteiger partial charge >= 0.3 is 0 Å². The van der Waals surface area contributed by atoms with Crippen molar-refractivity contribution in [2.75, 3.05) is 0 Å². The number of furan rings is 1.